The lowest BCUT2D eigenvalue weighted by Crippen LogP contribution is -2.24. The van der Waals surface area contributed by atoms with E-state index in [2.05, 4.69) is 243 Å². The van der Waals surface area contributed by atoms with Gasteiger partial charge in [-0.25, -0.2) is 0 Å². The number of hydrogen-bond donors (Lipinski definition) is 0. The van der Waals surface area contributed by atoms with Gasteiger partial charge in [-0.15, -0.1) is 0 Å². The molecule has 4 nitrogen and oxygen atoms in total. The molecule has 0 saturated heterocycles. The number of aryl methyl sites for hydroxylation is 3. The first-order valence-electron chi connectivity index (χ1n) is 23.2. The zero-order chi connectivity index (χ0) is 44.4. The van der Waals surface area contributed by atoms with Crippen LogP contribution in [0.15, 0.2) is 200 Å². The van der Waals surface area contributed by atoms with Crippen molar-refractivity contribution in [1.29, 1.82) is 0 Å². The maximum atomic E-state index is 6.54. The molecular formula is C62H49N3O. The smallest absolute Gasteiger partial charge is 0.128 e. The van der Waals surface area contributed by atoms with Gasteiger partial charge in [0.15, 0.2) is 0 Å². The van der Waals surface area contributed by atoms with Crippen molar-refractivity contribution in [2.75, 3.05) is 9.80 Å². The first kappa shape index (κ1) is 38.6. The highest BCUT2D eigenvalue weighted by atomic mass is 16.5. The molecule has 3 aliphatic rings. The molecule has 2 unspecified atom stereocenters. The summed E-state index contributed by atoms with van der Waals surface area (Å²) in [6, 6.07) is 65.3. The van der Waals surface area contributed by atoms with Crippen LogP contribution in [0.2, 0.25) is 0 Å². The average molecular weight is 852 g/mol. The van der Waals surface area contributed by atoms with Gasteiger partial charge in [0.2, 0.25) is 0 Å². The molecule has 0 spiro atoms. The van der Waals surface area contributed by atoms with Crippen LogP contribution in [-0.2, 0) is 12.5 Å². The Morgan fingerprint density at radius 1 is 0.545 bits per heavy atom. The minimum Gasteiger partial charge on any atom is -0.485 e. The highest BCUT2D eigenvalue weighted by Gasteiger charge is 2.40. The van der Waals surface area contributed by atoms with Gasteiger partial charge in [0, 0.05) is 68.4 Å². The van der Waals surface area contributed by atoms with Crippen molar-refractivity contribution in [3.8, 4) is 16.9 Å². The second-order valence-electron chi connectivity index (χ2n) is 19.1. The quantitative estimate of drug-likeness (QED) is 0.166. The van der Waals surface area contributed by atoms with Crippen molar-refractivity contribution in [3.63, 3.8) is 0 Å². The Bertz CT molecular complexity index is 3720. The Morgan fingerprint density at radius 3 is 2.15 bits per heavy atom. The molecule has 0 saturated carbocycles. The Hall–Kier alpha value is -7.82. The molecule has 0 N–H and O–H groups in total. The van der Waals surface area contributed by atoms with Crippen LogP contribution >= 0.6 is 0 Å². The van der Waals surface area contributed by atoms with E-state index in [0.29, 0.717) is 0 Å². The molecule has 2 heterocycles. The van der Waals surface area contributed by atoms with Crippen molar-refractivity contribution in [3.05, 3.63) is 228 Å². The van der Waals surface area contributed by atoms with Gasteiger partial charge in [0.1, 0.15) is 11.9 Å². The van der Waals surface area contributed by atoms with E-state index in [9.17, 15) is 0 Å². The molecular weight excluding hydrogens is 803 g/mol. The van der Waals surface area contributed by atoms with Gasteiger partial charge in [-0.3, -0.25) is 0 Å². The third kappa shape index (κ3) is 5.70. The molecule has 2 aliphatic carbocycles. The topological polar surface area (TPSA) is 20.6 Å². The second-order valence-corrected chi connectivity index (χ2v) is 19.1. The molecule has 10 aromatic rings. The number of allylic oxidation sites excluding steroid dienone is 1. The minimum absolute atomic E-state index is 0.0440. The highest BCUT2D eigenvalue weighted by Crippen LogP contribution is 2.57. The lowest BCUT2D eigenvalue weighted by atomic mass is 9.81. The summed E-state index contributed by atoms with van der Waals surface area (Å²) in [4.78, 5) is 4.98. The van der Waals surface area contributed by atoms with Crippen molar-refractivity contribution in [2.24, 2.45) is 7.05 Å². The van der Waals surface area contributed by atoms with Crippen molar-refractivity contribution in [2.45, 2.75) is 45.1 Å². The molecule has 13 rings (SSSR count). The Balaban J connectivity index is 1.04. The number of fused-ring (bicyclic) bond motifs is 12. The Labute approximate surface area is 385 Å². The standard InChI is InChI=1S/C62H49N3O/c1-38-21-25-42(26-22-38)64(43-27-24-40-13-6-7-14-41(40)34-43)45-28-31-48-52(36-45)62(3,4)53-37-57(46-30-23-39(2)33-51(46)60(48)53)65(44-29-32-59-50(35-44)47-15-9-11-20-58(47)66-59)56-19-12-18-55-61(56)49-16-8-10-17-54(49)63(55)5/h6-37,50,59H,1-5H3. The molecule has 1 aliphatic heterocycles. The summed E-state index contributed by atoms with van der Waals surface area (Å²) in [5, 5.41) is 7.45. The van der Waals surface area contributed by atoms with Gasteiger partial charge in [0.05, 0.1) is 16.9 Å². The van der Waals surface area contributed by atoms with Gasteiger partial charge < -0.3 is 19.1 Å². The summed E-state index contributed by atoms with van der Waals surface area (Å²) in [5.41, 5.74) is 18.0. The lowest BCUT2D eigenvalue weighted by molar-refractivity contribution is 0.268. The summed E-state index contributed by atoms with van der Waals surface area (Å²) in [6.45, 7) is 9.23. The number of hydrogen-bond acceptors (Lipinski definition) is 3. The molecule has 0 fully saturated rings. The number of anilines is 5. The van der Waals surface area contributed by atoms with Gasteiger partial charge in [0.25, 0.3) is 0 Å². The molecule has 1 aromatic heterocycles. The van der Waals surface area contributed by atoms with E-state index in [1.807, 2.05) is 0 Å². The number of aromatic nitrogens is 1. The zero-order valence-corrected chi connectivity index (χ0v) is 37.9. The fourth-order valence-electron chi connectivity index (χ4n) is 11.5. The van der Waals surface area contributed by atoms with Gasteiger partial charge >= 0.3 is 0 Å². The first-order chi connectivity index (χ1) is 32.2. The van der Waals surface area contributed by atoms with Crippen LogP contribution in [-0.4, -0.2) is 10.7 Å². The van der Waals surface area contributed by atoms with Crippen LogP contribution in [0.5, 0.6) is 5.75 Å². The normalized spacial score (nSPS) is 16.5. The first-order valence-corrected chi connectivity index (χ1v) is 23.2. The Morgan fingerprint density at radius 2 is 1.27 bits per heavy atom. The predicted octanol–water partition coefficient (Wildman–Crippen LogP) is 16.2. The van der Waals surface area contributed by atoms with E-state index in [1.54, 1.807) is 0 Å². The number of ether oxygens (including phenoxy) is 1. The Kier molecular flexibility index (Phi) is 8.39. The van der Waals surface area contributed by atoms with Crippen LogP contribution in [0.3, 0.4) is 0 Å². The maximum absolute atomic E-state index is 6.54. The summed E-state index contributed by atoms with van der Waals surface area (Å²) in [7, 11) is 2.19. The minimum atomic E-state index is -0.326. The summed E-state index contributed by atoms with van der Waals surface area (Å²) >= 11 is 0. The largest absolute Gasteiger partial charge is 0.485 e. The van der Waals surface area contributed by atoms with Gasteiger partial charge in [-0.1, -0.05) is 134 Å². The number of para-hydroxylation sites is 2. The van der Waals surface area contributed by atoms with Crippen LogP contribution in [0.1, 0.15) is 47.6 Å². The molecule has 66 heavy (non-hydrogen) atoms. The fourth-order valence-corrected chi connectivity index (χ4v) is 11.5. The summed E-state index contributed by atoms with van der Waals surface area (Å²) < 4.78 is 8.88. The van der Waals surface area contributed by atoms with Crippen molar-refractivity contribution < 1.29 is 4.74 Å². The van der Waals surface area contributed by atoms with Crippen LogP contribution < -0.4 is 14.5 Å². The molecule has 318 valence electrons. The lowest BCUT2D eigenvalue weighted by Gasteiger charge is -2.33. The maximum Gasteiger partial charge on any atom is 0.128 e. The van der Waals surface area contributed by atoms with E-state index in [-0.39, 0.29) is 17.4 Å². The molecule has 4 heteroatoms. The van der Waals surface area contributed by atoms with Crippen LogP contribution in [0.25, 0.3) is 54.5 Å². The number of benzene rings is 9. The van der Waals surface area contributed by atoms with E-state index < -0.39 is 0 Å². The number of nitrogens with zero attached hydrogens (tertiary/aromatic N) is 3. The fraction of sp³-hybridized carbons (Fsp3) is 0.129. The number of rotatable bonds is 6. The summed E-state index contributed by atoms with van der Waals surface area (Å²) in [5.74, 6) is 1.06. The van der Waals surface area contributed by atoms with Crippen LogP contribution in [0, 0.1) is 13.8 Å². The predicted molar refractivity (Wildman–Crippen MR) is 277 cm³/mol. The van der Waals surface area contributed by atoms with Crippen molar-refractivity contribution >= 4 is 71.8 Å². The van der Waals surface area contributed by atoms with Gasteiger partial charge in [-0.2, -0.15) is 0 Å². The highest BCUT2D eigenvalue weighted by molar-refractivity contribution is 6.17. The van der Waals surface area contributed by atoms with Crippen molar-refractivity contribution in [1.82, 2.24) is 4.57 Å². The molecule has 0 bridgehead atoms. The molecule has 0 amide bonds. The average Bonchev–Trinajstić information content (AvgIpc) is 3.94. The van der Waals surface area contributed by atoms with E-state index in [1.165, 1.54) is 88.0 Å². The second kappa shape index (κ2) is 14.3. The molecule has 9 aromatic carbocycles. The third-order valence-corrected chi connectivity index (χ3v) is 14.8. The SMILES string of the molecule is Cc1ccc(N(c2ccc3c(c2)C(C)(C)c2cc(N(C4=CC5c6ccccc6OC5C=C4)c4cccc5c4c4ccccc4n5C)c4ccc(C)cc4c2-3)c2ccc3ccccc3c2)cc1. The third-order valence-electron chi connectivity index (χ3n) is 14.8. The zero-order valence-electron chi connectivity index (χ0n) is 37.9. The monoisotopic (exact) mass is 851 g/mol. The van der Waals surface area contributed by atoms with Crippen LogP contribution in [0.4, 0.5) is 28.4 Å². The molecule has 0 radical (unpaired) electrons. The molecule has 2 atom stereocenters. The van der Waals surface area contributed by atoms with E-state index in [0.717, 1.165) is 34.2 Å². The van der Waals surface area contributed by atoms with E-state index in [4.69, 9.17) is 4.74 Å². The van der Waals surface area contributed by atoms with E-state index >= 15 is 0 Å². The summed E-state index contributed by atoms with van der Waals surface area (Å²) in [6.07, 6.45) is 6.97. The van der Waals surface area contributed by atoms with Gasteiger partial charge in [-0.05, 0) is 137 Å².